The summed E-state index contributed by atoms with van der Waals surface area (Å²) < 4.78 is 49.2. The van der Waals surface area contributed by atoms with E-state index in [1.54, 1.807) is 25.6 Å². The highest BCUT2D eigenvalue weighted by molar-refractivity contribution is 5.93. The zero-order valence-electron chi connectivity index (χ0n) is 20.6. The number of hydrogen-bond donors (Lipinski definition) is 3. The van der Waals surface area contributed by atoms with E-state index < -0.39 is 17.9 Å². The molecule has 4 aromatic heterocycles. The quantitative estimate of drug-likeness (QED) is 0.314. The number of halogens is 3. The molecule has 0 bridgehead atoms. The third kappa shape index (κ3) is 5.03. The number of alkyl halides is 3. The minimum absolute atomic E-state index is 0.00636. The van der Waals surface area contributed by atoms with Gasteiger partial charge in [0, 0.05) is 42.7 Å². The lowest BCUT2D eigenvalue weighted by Crippen LogP contribution is -2.27. The van der Waals surface area contributed by atoms with Gasteiger partial charge in [0.2, 0.25) is 0 Å². The fraction of sp³-hybridized carbons (Fsp3) is 0.440. The molecule has 0 unspecified atom stereocenters. The van der Waals surface area contributed by atoms with Crippen molar-refractivity contribution in [1.29, 1.82) is 0 Å². The van der Waals surface area contributed by atoms with Crippen LogP contribution in [0.5, 0.6) is 5.75 Å². The number of pyridine rings is 2. The summed E-state index contributed by atoms with van der Waals surface area (Å²) >= 11 is 0. The summed E-state index contributed by atoms with van der Waals surface area (Å²) in [6.07, 6.45) is 3.71. The molecule has 1 aliphatic rings. The summed E-state index contributed by atoms with van der Waals surface area (Å²) in [4.78, 5) is 7.91. The first-order valence-electron chi connectivity index (χ1n) is 12.3. The van der Waals surface area contributed by atoms with Gasteiger partial charge >= 0.3 is 6.18 Å². The summed E-state index contributed by atoms with van der Waals surface area (Å²) in [5.74, 6) is 0.427. The zero-order chi connectivity index (χ0) is 26.9. The first-order valence-corrected chi connectivity index (χ1v) is 12.3. The van der Waals surface area contributed by atoms with Crippen LogP contribution in [0.3, 0.4) is 0 Å². The minimum Gasteiger partial charge on any atom is -0.488 e. The van der Waals surface area contributed by atoms with Gasteiger partial charge in [0.15, 0.2) is 11.4 Å². The predicted octanol–water partition coefficient (Wildman–Crippen LogP) is 3.84. The predicted molar refractivity (Wildman–Crippen MR) is 133 cm³/mol. The number of aliphatic hydroxyl groups is 2. The van der Waals surface area contributed by atoms with E-state index in [0.29, 0.717) is 42.8 Å². The summed E-state index contributed by atoms with van der Waals surface area (Å²) in [5.41, 5.74) is 1.23. The first kappa shape index (κ1) is 25.9. The number of aliphatic hydroxyl groups excluding tert-OH is 2. The van der Waals surface area contributed by atoms with Crippen molar-refractivity contribution < 1.29 is 28.1 Å². The lowest BCUT2D eigenvalue weighted by molar-refractivity contribution is -0.143. The molecule has 38 heavy (non-hydrogen) atoms. The molecule has 4 heterocycles. The van der Waals surface area contributed by atoms with Gasteiger partial charge in [-0.2, -0.15) is 23.4 Å². The highest BCUT2D eigenvalue weighted by Crippen LogP contribution is 2.39. The summed E-state index contributed by atoms with van der Waals surface area (Å²) in [5, 5.41) is 32.1. The average molecular weight is 532 g/mol. The molecular formula is C25H28F3N7O3. The number of anilines is 1. The van der Waals surface area contributed by atoms with E-state index >= 15 is 0 Å². The SMILES string of the molecule is CNc1cc2c(cn1)c(-c1cnn(C(CO)CO)c1)nn2[C@H]1CC[C@@H](Oc2cccnc2C(F)(F)F)CC1. The number of nitrogens with one attached hydrogen (secondary N) is 1. The molecule has 3 N–H and O–H groups in total. The molecule has 0 radical (unpaired) electrons. The third-order valence-electron chi connectivity index (χ3n) is 6.84. The van der Waals surface area contributed by atoms with Gasteiger partial charge in [0.05, 0.1) is 43.1 Å². The maximum atomic E-state index is 13.3. The Hall–Kier alpha value is -3.71. The molecule has 1 saturated carbocycles. The summed E-state index contributed by atoms with van der Waals surface area (Å²) in [6, 6.07) is 4.10. The Morgan fingerprint density at radius 2 is 1.89 bits per heavy atom. The van der Waals surface area contributed by atoms with E-state index in [9.17, 15) is 23.4 Å². The number of hydrogen-bond acceptors (Lipinski definition) is 8. The van der Waals surface area contributed by atoms with Crippen molar-refractivity contribution in [2.24, 2.45) is 0 Å². The van der Waals surface area contributed by atoms with Crippen LogP contribution < -0.4 is 10.1 Å². The molecule has 0 amide bonds. The standard InChI is InChI=1S/C25H28F3N7O3/c1-29-22-9-20-19(11-31-22)23(15-10-32-34(12-15)17(13-36)14-37)33-35(20)16-4-6-18(7-5-16)38-21-3-2-8-30-24(21)25(26,27)28/h2-3,8-12,16-18,36-37H,4-7,13-14H2,1H3,(H,29,31)/t16-,18+. The number of rotatable bonds is 8. The second kappa shape index (κ2) is 10.6. The monoisotopic (exact) mass is 531 g/mol. The molecule has 0 atom stereocenters. The Bertz CT molecular complexity index is 1390. The molecule has 1 aliphatic carbocycles. The van der Waals surface area contributed by atoms with Crippen molar-refractivity contribution in [3.05, 3.63) is 48.7 Å². The molecule has 10 nitrogen and oxygen atoms in total. The van der Waals surface area contributed by atoms with Crippen LogP contribution in [0.4, 0.5) is 19.0 Å². The van der Waals surface area contributed by atoms with Crippen molar-refractivity contribution in [2.75, 3.05) is 25.6 Å². The molecule has 0 aliphatic heterocycles. The second-order valence-electron chi connectivity index (χ2n) is 9.25. The molecule has 5 rings (SSSR count). The molecule has 0 aromatic carbocycles. The fourth-order valence-electron chi connectivity index (χ4n) is 4.83. The van der Waals surface area contributed by atoms with Crippen LogP contribution in [0.2, 0.25) is 0 Å². The van der Waals surface area contributed by atoms with E-state index in [1.165, 1.54) is 16.8 Å². The lowest BCUT2D eigenvalue weighted by Gasteiger charge is -2.30. The Labute approximate surface area is 216 Å². The van der Waals surface area contributed by atoms with Gasteiger partial charge in [0.1, 0.15) is 11.5 Å². The van der Waals surface area contributed by atoms with Crippen molar-refractivity contribution in [3.8, 4) is 17.0 Å². The van der Waals surface area contributed by atoms with Gasteiger partial charge in [-0.05, 0) is 37.8 Å². The van der Waals surface area contributed by atoms with E-state index in [4.69, 9.17) is 9.84 Å². The molecule has 4 aromatic rings. The van der Waals surface area contributed by atoms with Gasteiger partial charge < -0.3 is 20.3 Å². The van der Waals surface area contributed by atoms with Crippen molar-refractivity contribution in [2.45, 2.75) is 50.0 Å². The van der Waals surface area contributed by atoms with Gasteiger partial charge in [-0.3, -0.25) is 9.36 Å². The smallest absolute Gasteiger partial charge is 0.437 e. The zero-order valence-corrected chi connectivity index (χ0v) is 20.6. The van der Waals surface area contributed by atoms with E-state index in [2.05, 4.69) is 20.4 Å². The van der Waals surface area contributed by atoms with Gasteiger partial charge in [-0.25, -0.2) is 9.97 Å². The number of aromatic nitrogens is 6. The molecule has 13 heteroatoms. The maximum absolute atomic E-state index is 13.3. The maximum Gasteiger partial charge on any atom is 0.437 e. The van der Waals surface area contributed by atoms with Crippen LogP contribution in [0.1, 0.15) is 43.5 Å². The van der Waals surface area contributed by atoms with Crippen LogP contribution in [0, 0.1) is 0 Å². The Morgan fingerprint density at radius 1 is 1.13 bits per heavy atom. The molecular weight excluding hydrogens is 503 g/mol. The normalized spacial score (nSPS) is 18.3. The van der Waals surface area contributed by atoms with Crippen LogP contribution in [-0.4, -0.2) is 66.1 Å². The van der Waals surface area contributed by atoms with E-state index in [0.717, 1.165) is 17.1 Å². The van der Waals surface area contributed by atoms with Crippen molar-refractivity contribution in [1.82, 2.24) is 29.5 Å². The Balaban J connectivity index is 1.40. The number of ether oxygens (including phenoxy) is 1. The van der Waals surface area contributed by atoms with Crippen LogP contribution in [0.25, 0.3) is 22.2 Å². The van der Waals surface area contributed by atoms with Crippen molar-refractivity contribution >= 4 is 16.7 Å². The summed E-state index contributed by atoms with van der Waals surface area (Å²) in [6.45, 7) is -0.510. The largest absolute Gasteiger partial charge is 0.488 e. The molecule has 202 valence electrons. The van der Waals surface area contributed by atoms with Crippen molar-refractivity contribution in [3.63, 3.8) is 0 Å². The van der Waals surface area contributed by atoms with E-state index in [1.807, 2.05) is 10.7 Å². The first-order chi connectivity index (χ1) is 18.3. The summed E-state index contributed by atoms with van der Waals surface area (Å²) in [7, 11) is 1.78. The van der Waals surface area contributed by atoms with E-state index in [-0.39, 0.29) is 31.1 Å². The molecule has 0 spiro atoms. The van der Waals surface area contributed by atoms with Gasteiger partial charge in [-0.1, -0.05) is 0 Å². The van der Waals surface area contributed by atoms with Crippen LogP contribution in [-0.2, 0) is 6.18 Å². The second-order valence-corrected chi connectivity index (χ2v) is 9.25. The minimum atomic E-state index is -4.58. The highest BCUT2D eigenvalue weighted by Gasteiger charge is 2.37. The molecule has 1 fully saturated rings. The van der Waals surface area contributed by atoms with Crippen LogP contribution in [0.15, 0.2) is 43.0 Å². The fourth-order valence-corrected chi connectivity index (χ4v) is 4.83. The Morgan fingerprint density at radius 3 is 2.58 bits per heavy atom. The topological polar surface area (TPSA) is 123 Å². The van der Waals surface area contributed by atoms with Crippen LogP contribution >= 0.6 is 0 Å². The average Bonchev–Trinajstić information content (AvgIpc) is 3.54. The van der Waals surface area contributed by atoms with Gasteiger partial charge in [-0.15, -0.1) is 0 Å². The van der Waals surface area contributed by atoms with Gasteiger partial charge in [0.25, 0.3) is 0 Å². The Kier molecular flexibility index (Phi) is 7.21. The number of fused-ring (bicyclic) bond motifs is 1. The lowest BCUT2D eigenvalue weighted by atomic mass is 9.93. The number of nitrogens with zero attached hydrogens (tertiary/aromatic N) is 6. The highest BCUT2D eigenvalue weighted by atomic mass is 19.4. The third-order valence-corrected chi connectivity index (χ3v) is 6.84. The molecule has 0 saturated heterocycles.